The van der Waals surface area contributed by atoms with Crippen molar-refractivity contribution in [2.24, 2.45) is 0 Å². The summed E-state index contributed by atoms with van der Waals surface area (Å²) in [6.07, 6.45) is 13.5. The Bertz CT molecular complexity index is 182. The topological polar surface area (TPSA) is 0 Å². The minimum atomic E-state index is 1.13. The smallest absolute Gasteiger partial charge is 0.0342 e. The fraction of sp³-hybridized carbons (Fsp3) is 0.333. The summed E-state index contributed by atoms with van der Waals surface area (Å²) in [5.74, 6) is 0. The number of rotatable bonds is 6. The fourth-order valence-electron chi connectivity index (χ4n) is 0.841. The molecule has 0 aliphatic carbocycles. The maximum absolute atomic E-state index is 3.69. The van der Waals surface area contributed by atoms with Crippen molar-refractivity contribution in [2.75, 3.05) is 0 Å². The lowest BCUT2D eigenvalue weighted by molar-refractivity contribution is 0.864. The Morgan fingerprint density at radius 1 is 1.25 bits per heavy atom. The maximum atomic E-state index is 3.69. The molecule has 12 heavy (non-hydrogen) atoms. The average Bonchev–Trinajstić information content (AvgIpc) is 2.10. The van der Waals surface area contributed by atoms with Gasteiger partial charge in [0.1, 0.15) is 0 Å². The normalized spacial score (nSPS) is 11.9. The van der Waals surface area contributed by atoms with Gasteiger partial charge in [0.25, 0.3) is 0 Å². The lowest BCUT2D eigenvalue weighted by Gasteiger charge is -1.91. The highest BCUT2D eigenvalue weighted by Gasteiger charge is 1.82. The standard InChI is InChI=1S/C12H18/c1-4-6-7-8-9-10-11-12(3)5-2/h4-7,11H,1-2,8-10H2,3H3. The first kappa shape index (κ1) is 11.0. The molecular weight excluding hydrogens is 144 g/mol. The molecule has 0 aromatic rings. The minimum absolute atomic E-state index is 1.13. The van der Waals surface area contributed by atoms with Crippen molar-refractivity contribution in [3.05, 3.63) is 49.1 Å². The minimum Gasteiger partial charge on any atom is -0.0991 e. The van der Waals surface area contributed by atoms with E-state index in [4.69, 9.17) is 0 Å². The van der Waals surface area contributed by atoms with E-state index in [-0.39, 0.29) is 0 Å². The summed E-state index contributed by atoms with van der Waals surface area (Å²) in [6.45, 7) is 9.38. The zero-order chi connectivity index (χ0) is 9.23. The van der Waals surface area contributed by atoms with Gasteiger partial charge in [0, 0.05) is 0 Å². The van der Waals surface area contributed by atoms with Crippen LogP contribution in [0.25, 0.3) is 0 Å². The van der Waals surface area contributed by atoms with Crippen molar-refractivity contribution in [1.82, 2.24) is 0 Å². The van der Waals surface area contributed by atoms with Gasteiger partial charge in [-0.3, -0.25) is 0 Å². The highest BCUT2D eigenvalue weighted by atomic mass is 13.9. The van der Waals surface area contributed by atoms with E-state index in [2.05, 4.69) is 32.2 Å². The van der Waals surface area contributed by atoms with Gasteiger partial charge in [0.05, 0.1) is 0 Å². The lowest BCUT2D eigenvalue weighted by Crippen LogP contribution is -1.71. The first-order valence-corrected chi connectivity index (χ1v) is 4.38. The Labute approximate surface area is 76.0 Å². The van der Waals surface area contributed by atoms with E-state index < -0.39 is 0 Å². The van der Waals surface area contributed by atoms with Gasteiger partial charge in [-0.2, -0.15) is 0 Å². The number of allylic oxidation sites excluding steroid dienone is 6. The fourth-order valence-corrected chi connectivity index (χ4v) is 0.841. The molecule has 0 amide bonds. The van der Waals surface area contributed by atoms with Gasteiger partial charge >= 0.3 is 0 Å². The monoisotopic (exact) mass is 162 g/mol. The summed E-state index contributed by atoms with van der Waals surface area (Å²) in [5.41, 5.74) is 1.27. The van der Waals surface area contributed by atoms with Crippen molar-refractivity contribution < 1.29 is 0 Å². The van der Waals surface area contributed by atoms with Crippen molar-refractivity contribution in [2.45, 2.75) is 26.2 Å². The Hall–Kier alpha value is -1.04. The van der Waals surface area contributed by atoms with Crippen LogP contribution in [0.4, 0.5) is 0 Å². The molecule has 0 saturated carbocycles. The number of hydrogen-bond acceptors (Lipinski definition) is 0. The van der Waals surface area contributed by atoms with E-state index >= 15 is 0 Å². The van der Waals surface area contributed by atoms with Gasteiger partial charge in [-0.05, 0) is 26.2 Å². The largest absolute Gasteiger partial charge is 0.0991 e. The first-order valence-electron chi connectivity index (χ1n) is 4.38. The van der Waals surface area contributed by atoms with Crippen LogP contribution in [0.3, 0.4) is 0 Å². The molecule has 0 aliphatic rings. The zero-order valence-electron chi connectivity index (χ0n) is 7.92. The second-order valence-corrected chi connectivity index (χ2v) is 2.75. The maximum Gasteiger partial charge on any atom is -0.0342 e. The molecule has 0 atom stereocenters. The van der Waals surface area contributed by atoms with Crippen LogP contribution in [0.1, 0.15) is 26.2 Å². The second-order valence-electron chi connectivity index (χ2n) is 2.75. The molecule has 0 aromatic heterocycles. The summed E-state index contributed by atoms with van der Waals surface area (Å²) >= 11 is 0. The quantitative estimate of drug-likeness (QED) is 0.408. The molecule has 0 spiro atoms. The van der Waals surface area contributed by atoms with Crippen LogP contribution < -0.4 is 0 Å². The highest BCUT2D eigenvalue weighted by Crippen LogP contribution is 2.02. The molecule has 0 nitrogen and oxygen atoms in total. The van der Waals surface area contributed by atoms with Crippen LogP contribution >= 0.6 is 0 Å². The first-order chi connectivity index (χ1) is 5.81. The summed E-state index contributed by atoms with van der Waals surface area (Å²) in [5, 5.41) is 0. The van der Waals surface area contributed by atoms with Gasteiger partial charge in [0.15, 0.2) is 0 Å². The molecule has 0 bridgehead atoms. The predicted octanol–water partition coefficient (Wildman–Crippen LogP) is 4.03. The van der Waals surface area contributed by atoms with Gasteiger partial charge in [-0.25, -0.2) is 0 Å². The number of unbranched alkanes of at least 4 members (excludes halogenated alkanes) is 2. The van der Waals surface area contributed by atoms with Gasteiger partial charge in [-0.1, -0.05) is 49.1 Å². The molecule has 0 saturated heterocycles. The molecule has 0 N–H and O–H groups in total. The van der Waals surface area contributed by atoms with Gasteiger partial charge in [0.2, 0.25) is 0 Å². The third kappa shape index (κ3) is 7.07. The van der Waals surface area contributed by atoms with Crippen LogP contribution in [0.2, 0.25) is 0 Å². The van der Waals surface area contributed by atoms with E-state index in [1.54, 1.807) is 0 Å². The van der Waals surface area contributed by atoms with Gasteiger partial charge < -0.3 is 0 Å². The Morgan fingerprint density at radius 3 is 2.58 bits per heavy atom. The average molecular weight is 162 g/mol. The van der Waals surface area contributed by atoms with Crippen molar-refractivity contribution in [3.63, 3.8) is 0 Å². The molecule has 0 aliphatic heterocycles. The highest BCUT2D eigenvalue weighted by molar-refractivity contribution is 5.12. The van der Waals surface area contributed by atoms with Crippen LogP contribution in [-0.4, -0.2) is 0 Å². The van der Waals surface area contributed by atoms with Crippen LogP contribution in [-0.2, 0) is 0 Å². The molecule has 66 valence electrons. The molecule has 0 heterocycles. The van der Waals surface area contributed by atoms with Crippen LogP contribution in [0, 0.1) is 0 Å². The molecule has 0 fully saturated rings. The summed E-state index contributed by atoms with van der Waals surface area (Å²) in [7, 11) is 0. The molecule has 0 rings (SSSR count). The van der Waals surface area contributed by atoms with Crippen molar-refractivity contribution in [1.29, 1.82) is 0 Å². The molecule has 0 heteroatoms. The van der Waals surface area contributed by atoms with Crippen LogP contribution in [0.5, 0.6) is 0 Å². The Morgan fingerprint density at radius 2 is 2.00 bits per heavy atom. The van der Waals surface area contributed by atoms with E-state index in [1.807, 2.05) is 18.2 Å². The third-order valence-electron chi connectivity index (χ3n) is 1.64. The van der Waals surface area contributed by atoms with E-state index in [1.165, 1.54) is 12.0 Å². The number of hydrogen-bond donors (Lipinski definition) is 0. The summed E-state index contributed by atoms with van der Waals surface area (Å²) < 4.78 is 0. The zero-order valence-corrected chi connectivity index (χ0v) is 7.92. The Balaban J connectivity index is 3.38. The van der Waals surface area contributed by atoms with E-state index in [0.717, 1.165) is 12.8 Å². The van der Waals surface area contributed by atoms with Gasteiger partial charge in [-0.15, -0.1) is 0 Å². The molecule has 0 aromatic carbocycles. The Kier molecular flexibility index (Phi) is 7.36. The molecule has 0 unspecified atom stereocenters. The second kappa shape index (κ2) is 8.06. The van der Waals surface area contributed by atoms with E-state index in [9.17, 15) is 0 Å². The lowest BCUT2D eigenvalue weighted by atomic mass is 10.1. The SMILES string of the molecule is C=CC=CCCCC=C(C)C=C. The predicted molar refractivity (Wildman–Crippen MR) is 57.1 cm³/mol. The molecular formula is C12H18. The summed E-state index contributed by atoms with van der Waals surface area (Å²) in [6, 6.07) is 0. The van der Waals surface area contributed by atoms with E-state index in [0.29, 0.717) is 0 Å². The molecule has 0 radical (unpaired) electrons. The third-order valence-corrected chi connectivity index (χ3v) is 1.64. The van der Waals surface area contributed by atoms with Crippen LogP contribution in [0.15, 0.2) is 49.1 Å². The van der Waals surface area contributed by atoms with Crippen molar-refractivity contribution >= 4 is 0 Å². The van der Waals surface area contributed by atoms with Crippen molar-refractivity contribution in [3.8, 4) is 0 Å². The summed E-state index contributed by atoms with van der Waals surface area (Å²) in [4.78, 5) is 0.